The number of nitrogens with zero attached hydrogens (tertiary/aromatic N) is 3. The first-order chi connectivity index (χ1) is 8.22. The molecular weight excluding hydrogens is 220 g/mol. The molecule has 1 aromatic rings. The number of carbonyl (C=O) groups excluding carboxylic acids is 1. The van der Waals surface area contributed by atoms with E-state index < -0.39 is 0 Å². The number of aliphatic hydroxyl groups is 1. The van der Waals surface area contributed by atoms with Crippen molar-refractivity contribution in [2.45, 2.75) is 13.3 Å². The molecule has 0 saturated heterocycles. The van der Waals surface area contributed by atoms with Gasteiger partial charge in [0.25, 0.3) is 5.91 Å². The second-order valence-electron chi connectivity index (χ2n) is 3.51. The number of amides is 1. The van der Waals surface area contributed by atoms with Gasteiger partial charge in [-0.25, -0.2) is 0 Å². The zero-order valence-electron chi connectivity index (χ0n) is 10.2. The van der Waals surface area contributed by atoms with Crippen LogP contribution in [-0.2, 0) is 0 Å². The Kier molecular flexibility index (Phi) is 5.35. The first-order valence-corrected chi connectivity index (χ1v) is 5.64. The number of aromatic nitrogens is 2. The Hall–Kier alpha value is -1.69. The summed E-state index contributed by atoms with van der Waals surface area (Å²) in [6.45, 7) is 3.67. The maximum atomic E-state index is 11.3. The van der Waals surface area contributed by atoms with E-state index in [0.717, 1.165) is 13.1 Å². The Balaban J connectivity index is 2.74. The molecule has 0 atom stereocenters. The molecule has 1 heterocycles. The molecule has 6 heteroatoms. The summed E-state index contributed by atoms with van der Waals surface area (Å²) < 4.78 is 0. The maximum Gasteiger partial charge on any atom is 0.271 e. The van der Waals surface area contributed by atoms with Gasteiger partial charge in [-0.2, -0.15) is 0 Å². The second-order valence-corrected chi connectivity index (χ2v) is 3.51. The Morgan fingerprint density at radius 2 is 2.24 bits per heavy atom. The van der Waals surface area contributed by atoms with Crippen LogP contribution in [0.1, 0.15) is 23.8 Å². The van der Waals surface area contributed by atoms with Gasteiger partial charge in [0.2, 0.25) is 0 Å². The van der Waals surface area contributed by atoms with Crippen LogP contribution in [0, 0.1) is 0 Å². The number of hydrogen-bond donors (Lipinski definition) is 2. The maximum absolute atomic E-state index is 11.3. The minimum Gasteiger partial charge on any atom is -0.396 e. The fraction of sp³-hybridized carbons (Fsp3) is 0.545. The molecule has 0 aliphatic heterocycles. The van der Waals surface area contributed by atoms with E-state index in [2.05, 4.69) is 15.5 Å². The topological polar surface area (TPSA) is 78.4 Å². The summed E-state index contributed by atoms with van der Waals surface area (Å²) in [5, 5.41) is 19.1. The first kappa shape index (κ1) is 13.4. The molecule has 0 aromatic carbocycles. The first-order valence-electron chi connectivity index (χ1n) is 5.64. The van der Waals surface area contributed by atoms with Crippen LogP contribution >= 0.6 is 0 Å². The molecule has 0 saturated carbocycles. The van der Waals surface area contributed by atoms with Crippen molar-refractivity contribution in [2.75, 3.05) is 31.6 Å². The summed E-state index contributed by atoms with van der Waals surface area (Å²) in [6, 6.07) is 3.40. The van der Waals surface area contributed by atoms with Gasteiger partial charge in [0.15, 0.2) is 11.5 Å². The van der Waals surface area contributed by atoms with Gasteiger partial charge >= 0.3 is 0 Å². The number of hydrogen-bond acceptors (Lipinski definition) is 5. The highest BCUT2D eigenvalue weighted by Crippen LogP contribution is 2.09. The predicted molar refractivity (Wildman–Crippen MR) is 65.0 cm³/mol. The Bertz CT molecular complexity index is 353. The lowest BCUT2D eigenvalue weighted by atomic mass is 10.3. The smallest absolute Gasteiger partial charge is 0.271 e. The van der Waals surface area contributed by atoms with Gasteiger partial charge in [-0.1, -0.05) is 0 Å². The SMILES string of the molecule is CCN(CCCO)c1ccc(C(=O)NC)nn1. The van der Waals surface area contributed by atoms with Gasteiger partial charge in [0.05, 0.1) is 0 Å². The van der Waals surface area contributed by atoms with Crippen molar-refractivity contribution < 1.29 is 9.90 Å². The summed E-state index contributed by atoms with van der Waals surface area (Å²) in [5.41, 5.74) is 0.300. The van der Waals surface area contributed by atoms with Crippen LogP contribution in [0.5, 0.6) is 0 Å². The van der Waals surface area contributed by atoms with E-state index in [-0.39, 0.29) is 12.5 Å². The predicted octanol–water partition coefficient (Wildman–Crippen LogP) is 0.0449. The summed E-state index contributed by atoms with van der Waals surface area (Å²) in [6.07, 6.45) is 0.687. The van der Waals surface area contributed by atoms with E-state index in [0.29, 0.717) is 17.9 Å². The van der Waals surface area contributed by atoms with Crippen molar-refractivity contribution in [1.82, 2.24) is 15.5 Å². The molecule has 0 aliphatic rings. The Labute approximate surface area is 101 Å². The second kappa shape index (κ2) is 6.80. The molecule has 1 amide bonds. The van der Waals surface area contributed by atoms with E-state index in [1.165, 1.54) is 0 Å². The summed E-state index contributed by atoms with van der Waals surface area (Å²) in [7, 11) is 1.55. The standard InChI is InChI=1S/C11H18N4O2/c1-3-15(7-4-8-16)10-6-5-9(13-14-10)11(17)12-2/h5-6,16H,3-4,7-8H2,1-2H3,(H,12,17). The molecular formula is C11H18N4O2. The van der Waals surface area contributed by atoms with Gasteiger partial charge in [0, 0.05) is 26.7 Å². The lowest BCUT2D eigenvalue weighted by Gasteiger charge is -2.20. The van der Waals surface area contributed by atoms with Crippen molar-refractivity contribution in [3.05, 3.63) is 17.8 Å². The molecule has 2 N–H and O–H groups in total. The average Bonchev–Trinajstić information content (AvgIpc) is 2.39. The zero-order valence-corrected chi connectivity index (χ0v) is 10.2. The van der Waals surface area contributed by atoms with Crippen LogP contribution in [-0.4, -0.2) is 48.0 Å². The summed E-state index contributed by atoms with van der Waals surface area (Å²) in [4.78, 5) is 13.3. The third-order valence-corrected chi connectivity index (χ3v) is 2.40. The minimum atomic E-state index is -0.248. The average molecular weight is 238 g/mol. The minimum absolute atomic E-state index is 0.153. The highest BCUT2D eigenvalue weighted by atomic mass is 16.3. The number of rotatable bonds is 6. The highest BCUT2D eigenvalue weighted by molar-refractivity contribution is 5.91. The molecule has 0 radical (unpaired) electrons. The normalized spacial score (nSPS) is 10.1. The molecule has 0 spiro atoms. The van der Waals surface area contributed by atoms with Crippen molar-refractivity contribution in [3.63, 3.8) is 0 Å². The highest BCUT2D eigenvalue weighted by Gasteiger charge is 2.09. The van der Waals surface area contributed by atoms with Gasteiger partial charge in [-0.3, -0.25) is 4.79 Å². The fourth-order valence-corrected chi connectivity index (χ4v) is 1.44. The Morgan fingerprint density at radius 3 is 2.71 bits per heavy atom. The van der Waals surface area contributed by atoms with Crippen LogP contribution in [0.3, 0.4) is 0 Å². The lowest BCUT2D eigenvalue weighted by Crippen LogP contribution is -2.26. The van der Waals surface area contributed by atoms with Gasteiger partial charge in [0.1, 0.15) is 0 Å². The van der Waals surface area contributed by atoms with E-state index in [1.54, 1.807) is 19.2 Å². The number of nitrogens with one attached hydrogen (secondary N) is 1. The van der Waals surface area contributed by atoms with E-state index in [9.17, 15) is 4.79 Å². The van der Waals surface area contributed by atoms with Crippen LogP contribution in [0.4, 0.5) is 5.82 Å². The Morgan fingerprint density at radius 1 is 1.47 bits per heavy atom. The van der Waals surface area contributed by atoms with Crippen molar-refractivity contribution in [3.8, 4) is 0 Å². The number of anilines is 1. The molecule has 1 aromatic heterocycles. The monoisotopic (exact) mass is 238 g/mol. The van der Waals surface area contributed by atoms with Gasteiger partial charge < -0.3 is 15.3 Å². The third kappa shape index (κ3) is 3.67. The summed E-state index contributed by atoms with van der Waals surface area (Å²) in [5.74, 6) is 0.469. The van der Waals surface area contributed by atoms with Crippen LogP contribution in [0.25, 0.3) is 0 Å². The molecule has 0 aliphatic carbocycles. The van der Waals surface area contributed by atoms with Crippen molar-refractivity contribution >= 4 is 11.7 Å². The van der Waals surface area contributed by atoms with Crippen molar-refractivity contribution in [1.29, 1.82) is 0 Å². The van der Waals surface area contributed by atoms with Crippen molar-refractivity contribution in [2.24, 2.45) is 0 Å². The largest absolute Gasteiger partial charge is 0.396 e. The molecule has 17 heavy (non-hydrogen) atoms. The van der Waals surface area contributed by atoms with Gasteiger partial charge in [-0.05, 0) is 25.5 Å². The lowest BCUT2D eigenvalue weighted by molar-refractivity contribution is 0.0957. The molecule has 0 bridgehead atoms. The molecule has 0 fully saturated rings. The quantitative estimate of drug-likeness (QED) is 0.732. The molecule has 0 unspecified atom stereocenters. The number of carbonyl (C=O) groups is 1. The zero-order chi connectivity index (χ0) is 12.7. The number of aliphatic hydroxyl groups excluding tert-OH is 1. The van der Waals surface area contributed by atoms with E-state index in [1.807, 2.05) is 11.8 Å². The molecule has 94 valence electrons. The summed E-state index contributed by atoms with van der Waals surface area (Å²) >= 11 is 0. The molecule has 1 rings (SSSR count). The molecule has 6 nitrogen and oxygen atoms in total. The third-order valence-electron chi connectivity index (χ3n) is 2.40. The van der Waals surface area contributed by atoms with Crippen LogP contribution in [0.2, 0.25) is 0 Å². The van der Waals surface area contributed by atoms with E-state index >= 15 is 0 Å². The van der Waals surface area contributed by atoms with Crippen LogP contribution in [0.15, 0.2) is 12.1 Å². The fourth-order valence-electron chi connectivity index (χ4n) is 1.44. The van der Waals surface area contributed by atoms with E-state index in [4.69, 9.17) is 5.11 Å². The van der Waals surface area contributed by atoms with Gasteiger partial charge in [-0.15, -0.1) is 10.2 Å². The van der Waals surface area contributed by atoms with Crippen LogP contribution < -0.4 is 10.2 Å².